The van der Waals surface area contributed by atoms with Gasteiger partial charge in [0, 0.05) is 0 Å². The third-order valence-electron chi connectivity index (χ3n) is 2.83. The lowest BCUT2D eigenvalue weighted by Gasteiger charge is -2.00. The smallest absolute Gasteiger partial charge is 0.231 e. The van der Waals surface area contributed by atoms with E-state index < -0.39 is 0 Å². The van der Waals surface area contributed by atoms with E-state index in [1.165, 1.54) is 11.0 Å². The number of imidazole rings is 1. The van der Waals surface area contributed by atoms with Gasteiger partial charge in [-0.05, 0) is 24.3 Å². The highest BCUT2D eigenvalue weighted by molar-refractivity contribution is 5.72. The fraction of sp³-hybridized carbons (Fsp3) is 0.0714. The number of fused-ring (bicyclic) bond motifs is 1. The SMILES string of the molecule is C[n+]1cn(Nc2ccccc2)c2ccccc21. The Morgan fingerprint density at radius 2 is 1.65 bits per heavy atom. The standard InChI is InChI=1S/C14H14N3/c1-16-11-17(14-10-6-5-9-13(14)16)15-12-7-3-2-4-8-12/h2-11,15H,1H3/q+1. The van der Waals surface area contributed by atoms with Crippen molar-refractivity contribution in [3.63, 3.8) is 0 Å². The van der Waals surface area contributed by atoms with Gasteiger partial charge in [-0.3, -0.25) is 0 Å². The summed E-state index contributed by atoms with van der Waals surface area (Å²) < 4.78 is 4.13. The summed E-state index contributed by atoms with van der Waals surface area (Å²) in [7, 11) is 2.05. The molecule has 3 rings (SSSR count). The second kappa shape index (κ2) is 3.94. The number of para-hydroxylation sites is 3. The largest absolute Gasteiger partial charge is 0.268 e. The van der Waals surface area contributed by atoms with Crippen LogP contribution >= 0.6 is 0 Å². The molecule has 0 spiro atoms. The molecule has 17 heavy (non-hydrogen) atoms. The van der Waals surface area contributed by atoms with Crippen molar-refractivity contribution in [2.24, 2.45) is 7.05 Å². The van der Waals surface area contributed by atoms with Crippen molar-refractivity contribution in [3.8, 4) is 0 Å². The van der Waals surface area contributed by atoms with Gasteiger partial charge in [-0.1, -0.05) is 30.3 Å². The van der Waals surface area contributed by atoms with Gasteiger partial charge in [0.15, 0.2) is 11.0 Å². The molecular weight excluding hydrogens is 210 g/mol. The summed E-state index contributed by atoms with van der Waals surface area (Å²) in [5, 5.41) is 0. The predicted octanol–water partition coefficient (Wildman–Crippen LogP) is 2.34. The van der Waals surface area contributed by atoms with Gasteiger partial charge in [0.2, 0.25) is 0 Å². The van der Waals surface area contributed by atoms with Crippen LogP contribution in [0.2, 0.25) is 0 Å². The van der Waals surface area contributed by atoms with E-state index in [2.05, 4.69) is 40.3 Å². The van der Waals surface area contributed by atoms with Crippen LogP contribution in [0.25, 0.3) is 11.0 Å². The summed E-state index contributed by atoms with van der Waals surface area (Å²) in [5.74, 6) is 0. The van der Waals surface area contributed by atoms with Gasteiger partial charge in [-0.2, -0.15) is 0 Å². The minimum absolute atomic E-state index is 1.08. The molecule has 84 valence electrons. The molecular formula is C14H14N3+. The van der Waals surface area contributed by atoms with Crippen LogP contribution in [0.15, 0.2) is 60.9 Å². The molecule has 3 nitrogen and oxygen atoms in total. The Morgan fingerprint density at radius 1 is 0.941 bits per heavy atom. The number of benzene rings is 2. The Hall–Kier alpha value is -2.29. The molecule has 1 heterocycles. The summed E-state index contributed by atoms with van der Waals surface area (Å²) in [6.07, 6.45) is 2.04. The lowest BCUT2D eigenvalue weighted by atomic mass is 10.3. The first-order valence-electron chi connectivity index (χ1n) is 5.62. The molecule has 2 aromatic carbocycles. The van der Waals surface area contributed by atoms with E-state index in [1.54, 1.807) is 0 Å². The molecule has 0 saturated carbocycles. The molecule has 0 aliphatic rings. The zero-order chi connectivity index (χ0) is 11.7. The monoisotopic (exact) mass is 224 g/mol. The third-order valence-corrected chi connectivity index (χ3v) is 2.83. The topological polar surface area (TPSA) is 20.8 Å². The van der Waals surface area contributed by atoms with Gasteiger partial charge in [0.05, 0.1) is 12.7 Å². The normalized spacial score (nSPS) is 10.6. The fourth-order valence-corrected chi connectivity index (χ4v) is 2.00. The van der Waals surface area contributed by atoms with Gasteiger partial charge < -0.3 is 0 Å². The van der Waals surface area contributed by atoms with E-state index in [9.17, 15) is 0 Å². The van der Waals surface area contributed by atoms with Crippen molar-refractivity contribution in [2.45, 2.75) is 0 Å². The van der Waals surface area contributed by atoms with Crippen molar-refractivity contribution >= 4 is 16.7 Å². The van der Waals surface area contributed by atoms with Gasteiger partial charge in [0.25, 0.3) is 6.33 Å². The van der Waals surface area contributed by atoms with E-state index >= 15 is 0 Å². The highest BCUT2D eigenvalue weighted by atomic mass is 15.4. The van der Waals surface area contributed by atoms with Crippen LogP contribution in [0.3, 0.4) is 0 Å². The Morgan fingerprint density at radius 3 is 2.47 bits per heavy atom. The fourth-order valence-electron chi connectivity index (χ4n) is 2.00. The van der Waals surface area contributed by atoms with Gasteiger partial charge in [-0.25, -0.2) is 9.99 Å². The first kappa shape index (κ1) is 9.90. The molecule has 3 aromatic rings. The van der Waals surface area contributed by atoms with Crippen LogP contribution in [0.4, 0.5) is 5.69 Å². The van der Waals surface area contributed by atoms with Crippen LogP contribution in [0.5, 0.6) is 0 Å². The summed E-state index contributed by atoms with van der Waals surface area (Å²) in [4.78, 5) is 0. The third kappa shape index (κ3) is 1.76. The van der Waals surface area contributed by atoms with E-state index in [-0.39, 0.29) is 0 Å². The molecule has 0 bridgehead atoms. The van der Waals surface area contributed by atoms with Crippen molar-refractivity contribution in [2.75, 3.05) is 5.43 Å². The first-order chi connectivity index (χ1) is 8.34. The zero-order valence-electron chi connectivity index (χ0n) is 9.67. The van der Waals surface area contributed by atoms with E-state index in [0.29, 0.717) is 0 Å². The second-order valence-electron chi connectivity index (χ2n) is 4.06. The number of rotatable bonds is 2. The van der Waals surface area contributed by atoms with E-state index in [1.807, 2.05) is 42.3 Å². The maximum atomic E-state index is 3.36. The Bertz CT molecular complexity index is 641. The Kier molecular flexibility index (Phi) is 2.29. The lowest BCUT2D eigenvalue weighted by molar-refractivity contribution is -0.645. The summed E-state index contributed by atoms with van der Waals surface area (Å²) in [6, 6.07) is 18.5. The number of nitrogens with one attached hydrogen (secondary N) is 1. The molecule has 0 unspecified atom stereocenters. The quantitative estimate of drug-likeness (QED) is 0.663. The molecule has 0 aliphatic carbocycles. The second-order valence-corrected chi connectivity index (χ2v) is 4.06. The number of aromatic nitrogens is 2. The number of nitrogens with zero attached hydrogens (tertiary/aromatic N) is 2. The number of hydrogen-bond acceptors (Lipinski definition) is 1. The van der Waals surface area contributed by atoms with Gasteiger partial charge >= 0.3 is 0 Å². The van der Waals surface area contributed by atoms with Crippen LogP contribution in [-0.4, -0.2) is 4.68 Å². The number of anilines is 1. The highest BCUT2D eigenvalue weighted by Crippen LogP contribution is 2.12. The number of aryl methyl sites for hydroxylation is 1. The predicted molar refractivity (Wildman–Crippen MR) is 68.6 cm³/mol. The minimum Gasteiger partial charge on any atom is -0.231 e. The first-order valence-corrected chi connectivity index (χ1v) is 5.62. The molecule has 0 aliphatic heterocycles. The molecule has 3 heteroatoms. The molecule has 0 saturated heterocycles. The van der Waals surface area contributed by atoms with Gasteiger partial charge in [0.1, 0.15) is 0 Å². The molecule has 1 N–H and O–H groups in total. The maximum Gasteiger partial charge on any atom is 0.268 e. The van der Waals surface area contributed by atoms with Crippen molar-refractivity contribution < 1.29 is 4.57 Å². The summed E-state index contributed by atoms with van der Waals surface area (Å²) in [5.41, 5.74) is 6.81. The summed E-state index contributed by atoms with van der Waals surface area (Å²) in [6.45, 7) is 0. The van der Waals surface area contributed by atoms with Crippen LogP contribution in [0, 0.1) is 0 Å². The highest BCUT2D eigenvalue weighted by Gasteiger charge is 2.11. The van der Waals surface area contributed by atoms with Crippen LogP contribution in [-0.2, 0) is 7.05 Å². The molecule has 1 aromatic heterocycles. The van der Waals surface area contributed by atoms with E-state index in [0.717, 1.165) is 5.69 Å². The lowest BCUT2D eigenvalue weighted by Crippen LogP contribution is -2.26. The Balaban J connectivity index is 2.07. The molecule has 0 radical (unpaired) electrons. The number of hydrogen-bond donors (Lipinski definition) is 1. The van der Waals surface area contributed by atoms with Crippen molar-refractivity contribution in [3.05, 3.63) is 60.9 Å². The maximum absolute atomic E-state index is 3.36. The van der Waals surface area contributed by atoms with Crippen LogP contribution in [0.1, 0.15) is 0 Å². The van der Waals surface area contributed by atoms with Crippen molar-refractivity contribution in [1.82, 2.24) is 4.68 Å². The molecule has 0 atom stereocenters. The average Bonchev–Trinajstić information content (AvgIpc) is 2.69. The van der Waals surface area contributed by atoms with Gasteiger partial charge in [-0.15, -0.1) is 4.68 Å². The Labute approximate surface area is 99.9 Å². The molecule has 0 fully saturated rings. The zero-order valence-corrected chi connectivity index (χ0v) is 9.67. The summed E-state index contributed by atoms with van der Waals surface area (Å²) >= 11 is 0. The van der Waals surface area contributed by atoms with Crippen molar-refractivity contribution in [1.29, 1.82) is 0 Å². The average molecular weight is 224 g/mol. The molecule has 0 amide bonds. The van der Waals surface area contributed by atoms with Crippen LogP contribution < -0.4 is 9.99 Å². The minimum atomic E-state index is 1.08. The van der Waals surface area contributed by atoms with E-state index in [4.69, 9.17) is 0 Å².